The van der Waals surface area contributed by atoms with Crippen LogP contribution in [-0.2, 0) is 0 Å². The van der Waals surface area contributed by atoms with E-state index in [1.54, 1.807) is 7.11 Å². The molecule has 0 saturated heterocycles. The average molecular weight is 256 g/mol. The zero-order valence-corrected chi connectivity index (χ0v) is 12.1. The molecule has 2 nitrogen and oxygen atoms in total. The van der Waals surface area contributed by atoms with Crippen LogP contribution in [0.4, 0.5) is 5.69 Å². The molecule has 0 spiro atoms. The normalized spacial score (nSPS) is 25.7. The number of methoxy groups -OCH3 is 1. The lowest BCUT2D eigenvalue weighted by atomic mass is 9.86. The van der Waals surface area contributed by atoms with Crippen LogP contribution in [-0.4, -0.2) is 27.2 Å². The van der Waals surface area contributed by atoms with Crippen LogP contribution in [0.3, 0.4) is 0 Å². The minimum atomic E-state index is 0. The second kappa shape index (κ2) is 4.87. The Bertz CT molecular complexity index is 403. The number of hydrogen-bond donors (Lipinski definition) is 0. The third kappa shape index (κ3) is 2.29. The van der Waals surface area contributed by atoms with E-state index in [1.165, 1.54) is 17.7 Å². The van der Waals surface area contributed by atoms with Gasteiger partial charge in [-0.1, -0.05) is 6.92 Å². The highest BCUT2D eigenvalue weighted by Crippen LogP contribution is 2.42. The summed E-state index contributed by atoms with van der Waals surface area (Å²) in [6.45, 7) is 4.65. The summed E-state index contributed by atoms with van der Waals surface area (Å²) in [7, 11) is 6.32. The molecular formula is C14H22ClNO. The average Bonchev–Trinajstić information content (AvgIpc) is 2.26. The van der Waals surface area contributed by atoms with Gasteiger partial charge in [0, 0.05) is 18.1 Å². The van der Waals surface area contributed by atoms with E-state index in [0.717, 1.165) is 10.2 Å². The smallest absolute Gasteiger partial charge is 0.136 e. The number of fused-ring (bicyclic) bond motifs is 1. The lowest BCUT2D eigenvalue weighted by Gasteiger charge is -2.42. The molecule has 0 aromatic heterocycles. The summed E-state index contributed by atoms with van der Waals surface area (Å²) in [5.74, 6) is 1.60. The molecule has 0 aliphatic carbocycles. The maximum absolute atomic E-state index is 5.32. The molecule has 96 valence electrons. The van der Waals surface area contributed by atoms with Crippen molar-refractivity contribution in [2.45, 2.75) is 32.2 Å². The SMILES string of the molecule is COc1ccc2c(c1)C(C)CC(C)[N+]2(C)C.[Cl-]. The summed E-state index contributed by atoms with van der Waals surface area (Å²) < 4.78 is 6.29. The van der Waals surface area contributed by atoms with Gasteiger partial charge in [0.2, 0.25) is 0 Å². The van der Waals surface area contributed by atoms with Gasteiger partial charge in [0.15, 0.2) is 0 Å². The maximum atomic E-state index is 5.32. The van der Waals surface area contributed by atoms with Crippen molar-refractivity contribution in [3.05, 3.63) is 23.8 Å². The van der Waals surface area contributed by atoms with Crippen molar-refractivity contribution in [3.8, 4) is 5.75 Å². The molecule has 0 radical (unpaired) electrons. The van der Waals surface area contributed by atoms with Crippen molar-refractivity contribution < 1.29 is 17.1 Å². The summed E-state index contributed by atoms with van der Waals surface area (Å²) in [6, 6.07) is 7.17. The molecular weight excluding hydrogens is 234 g/mol. The summed E-state index contributed by atoms with van der Waals surface area (Å²) in [5.41, 5.74) is 2.88. The highest BCUT2D eigenvalue weighted by Gasteiger charge is 2.37. The Labute approximate surface area is 111 Å². The van der Waals surface area contributed by atoms with Gasteiger partial charge in [-0.05, 0) is 25.0 Å². The molecule has 1 heterocycles. The topological polar surface area (TPSA) is 9.23 Å². The van der Waals surface area contributed by atoms with Crippen LogP contribution >= 0.6 is 0 Å². The van der Waals surface area contributed by atoms with Gasteiger partial charge in [0.25, 0.3) is 0 Å². The van der Waals surface area contributed by atoms with Crippen molar-refractivity contribution in [2.75, 3.05) is 21.2 Å². The van der Waals surface area contributed by atoms with Crippen LogP contribution in [0, 0.1) is 0 Å². The standard InChI is InChI=1S/C14H22NO.ClH/c1-10-8-11(2)15(3,4)14-7-6-12(16-5)9-13(10)14;/h6-7,9-11H,8H2,1-5H3;1H/q+1;/p-1. The van der Waals surface area contributed by atoms with Crippen molar-refractivity contribution in [1.82, 2.24) is 4.48 Å². The van der Waals surface area contributed by atoms with Gasteiger partial charge in [-0.3, -0.25) is 4.48 Å². The van der Waals surface area contributed by atoms with E-state index in [-0.39, 0.29) is 12.4 Å². The predicted octanol–water partition coefficient (Wildman–Crippen LogP) is 0.162. The third-order valence-electron chi connectivity index (χ3n) is 4.18. The number of ether oxygens (including phenoxy) is 1. The Hall–Kier alpha value is -0.730. The molecule has 17 heavy (non-hydrogen) atoms. The van der Waals surface area contributed by atoms with E-state index in [0.29, 0.717) is 12.0 Å². The van der Waals surface area contributed by atoms with Crippen molar-refractivity contribution >= 4 is 5.69 Å². The molecule has 0 N–H and O–H groups in total. The van der Waals surface area contributed by atoms with Crippen molar-refractivity contribution in [1.29, 1.82) is 0 Å². The van der Waals surface area contributed by atoms with Gasteiger partial charge in [-0.15, -0.1) is 0 Å². The second-order valence-electron chi connectivity index (χ2n) is 5.45. The molecule has 1 aromatic carbocycles. The van der Waals surface area contributed by atoms with Crippen molar-refractivity contribution in [2.24, 2.45) is 0 Å². The van der Waals surface area contributed by atoms with Gasteiger partial charge in [-0.2, -0.15) is 0 Å². The lowest BCUT2D eigenvalue weighted by Crippen LogP contribution is -3.00. The van der Waals surface area contributed by atoms with Gasteiger partial charge >= 0.3 is 0 Å². The van der Waals surface area contributed by atoms with E-state index >= 15 is 0 Å². The summed E-state index contributed by atoms with van der Waals surface area (Å²) in [5, 5.41) is 0. The minimum absolute atomic E-state index is 0. The van der Waals surface area contributed by atoms with Crippen LogP contribution in [0.2, 0.25) is 0 Å². The first kappa shape index (κ1) is 14.3. The lowest BCUT2D eigenvalue weighted by molar-refractivity contribution is -0.00000387. The van der Waals surface area contributed by atoms with Crippen LogP contribution in [0.25, 0.3) is 0 Å². The molecule has 2 atom stereocenters. The molecule has 1 aliphatic heterocycles. The quantitative estimate of drug-likeness (QED) is 0.650. The van der Waals surface area contributed by atoms with E-state index in [9.17, 15) is 0 Å². The maximum Gasteiger partial charge on any atom is 0.136 e. The van der Waals surface area contributed by atoms with Crippen LogP contribution in [0.15, 0.2) is 18.2 Å². The zero-order chi connectivity index (χ0) is 11.9. The fraction of sp³-hybridized carbons (Fsp3) is 0.571. The fourth-order valence-electron chi connectivity index (χ4n) is 2.72. The number of rotatable bonds is 1. The Morgan fingerprint density at radius 2 is 1.88 bits per heavy atom. The molecule has 1 aromatic rings. The van der Waals surface area contributed by atoms with E-state index in [4.69, 9.17) is 4.74 Å². The van der Waals surface area contributed by atoms with Gasteiger partial charge < -0.3 is 17.1 Å². The minimum Gasteiger partial charge on any atom is -1.00 e. The van der Waals surface area contributed by atoms with Crippen molar-refractivity contribution in [3.63, 3.8) is 0 Å². The fourth-order valence-corrected chi connectivity index (χ4v) is 2.72. The molecule has 0 saturated carbocycles. The Balaban J connectivity index is 0.00000144. The van der Waals surface area contributed by atoms with Crippen LogP contribution in [0.5, 0.6) is 5.75 Å². The number of nitrogens with zero attached hydrogens (tertiary/aromatic N) is 1. The number of halogens is 1. The summed E-state index contributed by atoms with van der Waals surface area (Å²) in [6.07, 6.45) is 1.24. The first-order chi connectivity index (χ1) is 7.46. The molecule has 2 rings (SSSR count). The highest BCUT2D eigenvalue weighted by atomic mass is 35.5. The molecule has 1 aliphatic rings. The zero-order valence-electron chi connectivity index (χ0n) is 11.3. The third-order valence-corrected chi connectivity index (χ3v) is 4.18. The van der Waals surface area contributed by atoms with E-state index in [2.05, 4.69) is 46.1 Å². The number of quaternary nitrogens is 1. The number of benzene rings is 1. The second-order valence-corrected chi connectivity index (χ2v) is 5.45. The first-order valence-corrected chi connectivity index (χ1v) is 5.99. The van der Waals surface area contributed by atoms with Gasteiger partial charge in [0.05, 0.1) is 27.2 Å². The number of hydrogen-bond acceptors (Lipinski definition) is 1. The first-order valence-electron chi connectivity index (χ1n) is 5.99. The van der Waals surface area contributed by atoms with E-state index in [1.807, 2.05) is 0 Å². The molecule has 3 heteroatoms. The Morgan fingerprint density at radius 1 is 1.24 bits per heavy atom. The summed E-state index contributed by atoms with van der Waals surface area (Å²) >= 11 is 0. The van der Waals surface area contributed by atoms with Crippen LogP contribution < -0.4 is 21.6 Å². The molecule has 0 amide bonds. The largest absolute Gasteiger partial charge is 1.00 e. The van der Waals surface area contributed by atoms with Gasteiger partial charge in [0.1, 0.15) is 11.4 Å². The molecule has 2 unspecified atom stereocenters. The summed E-state index contributed by atoms with van der Waals surface area (Å²) in [4.78, 5) is 0. The Morgan fingerprint density at radius 3 is 2.47 bits per heavy atom. The Kier molecular flexibility index (Phi) is 4.11. The highest BCUT2D eigenvalue weighted by molar-refractivity contribution is 5.56. The molecule has 0 fully saturated rings. The predicted molar refractivity (Wildman–Crippen MR) is 69.1 cm³/mol. The molecule has 0 bridgehead atoms. The van der Waals surface area contributed by atoms with Crippen LogP contribution in [0.1, 0.15) is 31.7 Å². The van der Waals surface area contributed by atoms with Gasteiger partial charge in [-0.25, -0.2) is 0 Å². The monoisotopic (exact) mass is 255 g/mol. The van der Waals surface area contributed by atoms with E-state index < -0.39 is 0 Å².